The van der Waals surface area contributed by atoms with E-state index >= 15 is 0 Å². The highest BCUT2D eigenvalue weighted by molar-refractivity contribution is 6.31. The molecule has 3 atom stereocenters. The number of carbonyl (C=O) groups excluding carboxylic acids is 1. The first-order valence-electron chi connectivity index (χ1n) is 9.75. The van der Waals surface area contributed by atoms with E-state index in [9.17, 15) is 4.79 Å². The van der Waals surface area contributed by atoms with Crippen molar-refractivity contribution >= 4 is 17.5 Å². The number of likely N-dealkylation sites (tertiary alicyclic amines) is 1. The summed E-state index contributed by atoms with van der Waals surface area (Å²) >= 11 is 6.40. The van der Waals surface area contributed by atoms with Gasteiger partial charge in [-0.05, 0) is 38.3 Å². The zero-order chi connectivity index (χ0) is 19.0. The number of hydrogen-bond acceptors (Lipinski definition) is 5. The van der Waals surface area contributed by atoms with Gasteiger partial charge < -0.3 is 19.1 Å². The minimum atomic E-state index is 0.195. The molecule has 2 fully saturated rings. The lowest BCUT2D eigenvalue weighted by Crippen LogP contribution is -2.50. The second-order valence-electron chi connectivity index (χ2n) is 7.80. The summed E-state index contributed by atoms with van der Waals surface area (Å²) in [7, 11) is 0. The third-order valence-corrected chi connectivity index (χ3v) is 6.00. The number of nitrogens with zero attached hydrogens (tertiary/aromatic N) is 2. The largest absolute Gasteiger partial charge is 0.454 e. The predicted octanol–water partition coefficient (Wildman–Crippen LogP) is 3.06. The summed E-state index contributed by atoms with van der Waals surface area (Å²) in [6.45, 7) is 7.60. The van der Waals surface area contributed by atoms with Gasteiger partial charge in [-0.3, -0.25) is 9.69 Å². The zero-order valence-corrected chi connectivity index (χ0v) is 16.7. The molecule has 0 saturated carbocycles. The van der Waals surface area contributed by atoms with Crippen molar-refractivity contribution in [3.63, 3.8) is 0 Å². The number of hydrogen-bond donors (Lipinski definition) is 0. The van der Waals surface area contributed by atoms with E-state index in [1.165, 1.54) is 0 Å². The molecule has 1 amide bonds. The Morgan fingerprint density at radius 2 is 1.81 bits per heavy atom. The number of fused-ring (bicyclic) bond motifs is 1. The average Bonchev–Trinajstić information content (AvgIpc) is 2.98. The molecule has 1 aromatic rings. The van der Waals surface area contributed by atoms with E-state index in [1.807, 2.05) is 11.0 Å². The minimum Gasteiger partial charge on any atom is -0.454 e. The Morgan fingerprint density at radius 1 is 1.11 bits per heavy atom. The second-order valence-corrected chi connectivity index (χ2v) is 8.21. The summed E-state index contributed by atoms with van der Waals surface area (Å²) in [5.41, 5.74) is 0.904. The maximum absolute atomic E-state index is 12.7. The van der Waals surface area contributed by atoms with Crippen LogP contribution < -0.4 is 9.47 Å². The first kappa shape index (κ1) is 18.8. The molecule has 0 N–H and O–H groups in total. The molecule has 27 heavy (non-hydrogen) atoms. The van der Waals surface area contributed by atoms with Gasteiger partial charge in [-0.2, -0.15) is 0 Å². The zero-order valence-electron chi connectivity index (χ0n) is 15.9. The van der Waals surface area contributed by atoms with Gasteiger partial charge in [0.2, 0.25) is 12.7 Å². The minimum absolute atomic E-state index is 0.195. The van der Waals surface area contributed by atoms with Gasteiger partial charge in [0.15, 0.2) is 11.5 Å². The first-order chi connectivity index (χ1) is 13.0. The van der Waals surface area contributed by atoms with Gasteiger partial charge in [-0.1, -0.05) is 11.6 Å². The standard InChI is InChI=1S/C20H27ClN2O4/c1-13-9-23(10-14(2)27-13)16-3-4-20(24)22(6-5-16)11-15-7-18-19(8-17(15)21)26-12-25-18/h7-8,13-14,16H,3-6,9-12H2,1-2H3/t13-,14+,16?. The summed E-state index contributed by atoms with van der Waals surface area (Å²) < 4.78 is 16.7. The SMILES string of the molecule is C[C@@H]1CN(C2CCC(=O)N(Cc3cc4c(cc3Cl)OCO4)CC2)C[C@H](C)O1. The third kappa shape index (κ3) is 4.18. The maximum atomic E-state index is 12.7. The quantitative estimate of drug-likeness (QED) is 0.788. The first-order valence-corrected chi connectivity index (χ1v) is 10.1. The Balaban J connectivity index is 1.42. The van der Waals surface area contributed by atoms with Gasteiger partial charge in [0.25, 0.3) is 0 Å². The fourth-order valence-electron chi connectivity index (χ4n) is 4.36. The highest BCUT2D eigenvalue weighted by Gasteiger charge is 2.31. The summed E-state index contributed by atoms with van der Waals surface area (Å²) in [5.74, 6) is 1.56. The van der Waals surface area contributed by atoms with Gasteiger partial charge in [-0.15, -0.1) is 0 Å². The summed E-state index contributed by atoms with van der Waals surface area (Å²) in [5, 5.41) is 0.615. The fourth-order valence-corrected chi connectivity index (χ4v) is 4.57. The number of amides is 1. The second kappa shape index (κ2) is 7.86. The molecule has 0 spiro atoms. The Hall–Kier alpha value is -1.50. The molecule has 4 rings (SSSR count). The van der Waals surface area contributed by atoms with Crippen molar-refractivity contribution in [1.29, 1.82) is 0 Å². The molecular weight excluding hydrogens is 368 g/mol. The number of benzene rings is 1. The lowest BCUT2D eigenvalue weighted by molar-refractivity contribution is -0.131. The van der Waals surface area contributed by atoms with Crippen LogP contribution in [-0.4, -0.2) is 60.4 Å². The molecule has 0 aliphatic carbocycles. The lowest BCUT2D eigenvalue weighted by Gasteiger charge is -2.40. The highest BCUT2D eigenvalue weighted by Crippen LogP contribution is 2.37. The van der Waals surface area contributed by atoms with Crippen molar-refractivity contribution in [3.05, 3.63) is 22.7 Å². The molecule has 3 aliphatic rings. The number of ether oxygens (including phenoxy) is 3. The molecule has 3 heterocycles. The van der Waals surface area contributed by atoms with Crippen LogP contribution in [0.5, 0.6) is 11.5 Å². The fraction of sp³-hybridized carbons (Fsp3) is 0.650. The Labute approximate surface area is 165 Å². The number of rotatable bonds is 3. The topological polar surface area (TPSA) is 51.2 Å². The van der Waals surface area contributed by atoms with E-state index in [0.29, 0.717) is 35.5 Å². The average molecular weight is 395 g/mol. The molecular formula is C20H27ClN2O4. The number of carbonyl (C=O) groups is 1. The summed E-state index contributed by atoms with van der Waals surface area (Å²) in [6, 6.07) is 4.10. The van der Waals surface area contributed by atoms with Crippen molar-refractivity contribution in [2.24, 2.45) is 0 Å². The van der Waals surface area contributed by atoms with E-state index < -0.39 is 0 Å². The van der Waals surface area contributed by atoms with Crippen LogP contribution in [0.15, 0.2) is 12.1 Å². The molecule has 6 nitrogen and oxygen atoms in total. The van der Waals surface area contributed by atoms with Gasteiger partial charge in [0.05, 0.1) is 12.2 Å². The monoisotopic (exact) mass is 394 g/mol. The molecule has 0 aromatic heterocycles. The van der Waals surface area contributed by atoms with Gasteiger partial charge in [-0.25, -0.2) is 0 Å². The van der Waals surface area contributed by atoms with E-state index in [1.54, 1.807) is 6.07 Å². The van der Waals surface area contributed by atoms with E-state index in [2.05, 4.69) is 18.7 Å². The normalized spacial score (nSPS) is 29.1. The molecule has 0 bridgehead atoms. The molecule has 148 valence electrons. The van der Waals surface area contributed by atoms with Crippen LogP contribution >= 0.6 is 11.6 Å². The third-order valence-electron chi connectivity index (χ3n) is 5.64. The summed E-state index contributed by atoms with van der Waals surface area (Å²) in [4.78, 5) is 17.1. The number of halogens is 1. The van der Waals surface area contributed by atoms with Crippen LogP contribution in [0.2, 0.25) is 5.02 Å². The Kier molecular flexibility index (Phi) is 5.48. The molecule has 1 unspecified atom stereocenters. The van der Waals surface area contributed by atoms with Crippen molar-refractivity contribution in [3.8, 4) is 11.5 Å². The highest BCUT2D eigenvalue weighted by atomic mass is 35.5. The van der Waals surface area contributed by atoms with Crippen LogP contribution in [0.1, 0.15) is 38.7 Å². The smallest absolute Gasteiger partial charge is 0.231 e. The molecule has 0 radical (unpaired) electrons. The van der Waals surface area contributed by atoms with Crippen LogP contribution in [0.25, 0.3) is 0 Å². The van der Waals surface area contributed by atoms with Crippen molar-refractivity contribution in [2.45, 2.75) is 57.9 Å². The van der Waals surface area contributed by atoms with Gasteiger partial charge in [0, 0.05) is 49.7 Å². The van der Waals surface area contributed by atoms with Crippen LogP contribution in [-0.2, 0) is 16.1 Å². The van der Waals surface area contributed by atoms with Crippen LogP contribution in [0, 0.1) is 0 Å². The molecule has 2 saturated heterocycles. The lowest BCUT2D eigenvalue weighted by atomic mass is 10.0. The summed E-state index contributed by atoms with van der Waals surface area (Å²) in [6.07, 6.45) is 2.96. The predicted molar refractivity (Wildman–Crippen MR) is 102 cm³/mol. The van der Waals surface area contributed by atoms with Crippen molar-refractivity contribution in [2.75, 3.05) is 26.4 Å². The Morgan fingerprint density at radius 3 is 2.56 bits per heavy atom. The van der Waals surface area contributed by atoms with Gasteiger partial charge >= 0.3 is 0 Å². The molecule has 7 heteroatoms. The maximum Gasteiger partial charge on any atom is 0.231 e. The number of morpholine rings is 1. The van der Waals surface area contributed by atoms with Crippen LogP contribution in [0.3, 0.4) is 0 Å². The van der Waals surface area contributed by atoms with Crippen molar-refractivity contribution in [1.82, 2.24) is 9.80 Å². The Bertz CT molecular complexity index is 703. The van der Waals surface area contributed by atoms with E-state index in [4.69, 9.17) is 25.8 Å². The molecule has 3 aliphatic heterocycles. The molecule has 1 aromatic carbocycles. The van der Waals surface area contributed by atoms with E-state index in [0.717, 1.165) is 38.0 Å². The van der Waals surface area contributed by atoms with Crippen LogP contribution in [0.4, 0.5) is 0 Å². The van der Waals surface area contributed by atoms with Gasteiger partial charge in [0.1, 0.15) is 0 Å². The van der Waals surface area contributed by atoms with E-state index in [-0.39, 0.29) is 24.9 Å². The van der Waals surface area contributed by atoms with Crippen molar-refractivity contribution < 1.29 is 19.0 Å².